The van der Waals surface area contributed by atoms with Crippen LogP contribution in [0.5, 0.6) is 5.75 Å². The van der Waals surface area contributed by atoms with Crippen molar-refractivity contribution in [2.24, 2.45) is 0 Å². The van der Waals surface area contributed by atoms with E-state index in [0.717, 1.165) is 31.5 Å². The lowest BCUT2D eigenvalue weighted by molar-refractivity contribution is 0.412. The van der Waals surface area contributed by atoms with Crippen molar-refractivity contribution in [2.45, 2.75) is 19.4 Å². The zero-order valence-electron chi connectivity index (χ0n) is 9.99. The van der Waals surface area contributed by atoms with Crippen molar-refractivity contribution >= 4 is 0 Å². The van der Waals surface area contributed by atoms with Gasteiger partial charge >= 0.3 is 0 Å². The maximum atomic E-state index is 8.85. The minimum absolute atomic E-state index is 0.559. The number of ether oxygens (including phenoxy) is 1. The van der Waals surface area contributed by atoms with E-state index in [0.29, 0.717) is 11.3 Å². The summed E-state index contributed by atoms with van der Waals surface area (Å²) >= 11 is 0. The molecule has 0 aromatic heterocycles. The predicted molar refractivity (Wildman–Crippen MR) is 67.5 cm³/mol. The molecule has 0 unspecified atom stereocenters. The van der Waals surface area contributed by atoms with Crippen LogP contribution in [-0.4, -0.2) is 13.7 Å². The van der Waals surface area contributed by atoms with Gasteiger partial charge in [0, 0.05) is 13.0 Å². The molecular weight excluding hydrogens is 212 g/mol. The lowest BCUT2D eigenvalue weighted by Gasteiger charge is -2.07. The zero-order chi connectivity index (χ0) is 12.5. The highest BCUT2D eigenvalue weighted by molar-refractivity contribution is 5.45. The molecule has 88 valence electrons. The molecule has 0 aliphatic heterocycles. The molecule has 0 radical (unpaired) electrons. The Balaban J connectivity index is 2.50. The summed E-state index contributed by atoms with van der Waals surface area (Å²) in [6.45, 7) is 1.65. The average Bonchev–Trinajstić information content (AvgIpc) is 2.38. The molecule has 0 atom stereocenters. The number of hydrogen-bond acceptors (Lipinski definition) is 3. The average molecular weight is 228 g/mol. The maximum Gasteiger partial charge on any atom is 0.136 e. The first-order valence-electron chi connectivity index (χ1n) is 5.53. The summed E-state index contributed by atoms with van der Waals surface area (Å²) in [6, 6.07) is 7.67. The number of hydrogen-bond donors (Lipinski definition) is 1. The van der Waals surface area contributed by atoms with Crippen molar-refractivity contribution in [3.63, 3.8) is 0 Å². The van der Waals surface area contributed by atoms with Gasteiger partial charge in [-0.3, -0.25) is 0 Å². The molecule has 1 rings (SSSR count). The van der Waals surface area contributed by atoms with Crippen molar-refractivity contribution in [1.82, 2.24) is 5.32 Å². The monoisotopic (exact) mass is 228 g/mol. The Hall–Kier alpha value is -1.97. The summed E-state index contributed by atoms with van der Waals surface area (Å²) in [5.41, 5.74) is 1.66. The van der Waals surface area contributed by atoms with Crippen LogP contribution in [-0.2, 0) is 6.54 Å². The predicted octanol–water partition coefficient (Wildman–Crippen LogP) is 2.07. The number of nitrogens with one attached hydrogen (secondary N) is 1. The van der Waals surface area contributed by atoms with E-state index in [2.05, 4.69) is 17.3 Å². The number of methoxy groups -OCH3 is 1. The fraction of sp³-hybridized carbons (Fsp3) is 0.357. The van der Waals surface area contributed by atoms with E-state index in [9.17, 15) is 0 Å². The van der Waals surface area contributed by atoms with Gasteiger partial charge in [-0.05, 0) is 30.7 Å². The van der Waals surface area contributed by atoms with E-state index in [4.69, 9.17) is 16.4 Å². The van der Waals surface area contributed by atoms with E-state index in [1.807, 2.05) is 12.1 Å². The van der Waals surface area contributed by atoms with Crippen LogP contribution in [0.15, 0.2) is 18.2 Å². The fourth-order valence-electron chi connectivity index (χ4n) is 1.49. The molecule has 1 aromatic carbocycles. The number of terminal acetylenes is 1. The molecule has 0 heterocycles. The van der Waals surface area contributed by atoms with Gasteiger partial charge in [0.25, 0.3) is 0 Å². The third-order valence-electron chi connectivity index (χ3n) is 2.39. The zero-order valence-corrected chi connectivity index (χ0v) is 9.99. The lowest BCUT2D eigenvalue weighted by Crippen LogP contribution is -2.14. The van der Waals surface area contributed by atoms with Crippen molar-refractivity contribution in [1.29, 1.82) is 5.26 Å². The van der Waals surface area contributed by atoms with Crippen LogP contribution in [0.25, 0.3) is 0 Å². The number of nitriles is 1. The summed E-state index contributed by atoms with van der Waals surface area (Å²) in [5.74, 6) is 3.22. The second-order valence-corrected chi connectivity index (χ2v) is 3.63. The van der Waals surface area contributed by atoms with Gasteiger partial charge in [0.15, 0.2) is 0 Å². The summed E-state index contributed by atoms with van der Waals surface area (Å²) in [6.07, 6.45) is 6.94. The van der Waals surface area contributed by atoms with Crippen molar-refractivity contribution in [3.05, 3.63) is 29.3 Å². The third kappa shape index (κ3) is 4.18. The van der Waals surface area contributed by atoms with Crippen LogP contribution in [0.3, 0.4) is 0 Å². The van der Waals surface area contributed by atoms with E-state index in [1.54, 1.807) is 13.2 Å². The molecule has 3 heteroatoms. The van der Waals surface area contributed by atoms with Gasteiger partial charge in [-0.15, -0.1) is 12.3 Å². The summed E-state index contributed by atoms with van der Waals surface area (Å²) in [4.78, 5) is 0. The highest BCUT2D eigenvalue weighted by atomic mass is 16.5. The standard InChI is InChI=1S/C14H16N2O/c1-3-4-5-8-16-11-12-6-7-13(10-15)14(9-12)17-2/h1,6-7,9,16H,4-5,8,11H2,2H3. The van der Waals surface area contributed by atoms with Crippen LogP contribution in [0, 0.1) is 23.7 Å². The van der Waals surface area contributed by atoms with Crippen molar-refractivity contribution < 1.29 is 4.74 Å². The van der Waals surface area contributed by atoms with Gasteiger partial charge < -0.3 is 10.1 Å². The van der Waals surface area contributed by atoms with Gasteiger partial charge in [-0.1, -0.05) is 6.07 Å². The second kappa shape index (κ2) is 7.33. The molecule has 0 aliphatic carbocycles. The molecule has 3 nitrogen and oxygen atoms in total. The van der Waals surface area contributed by atoms with Gasteiger partial charge in [-0.25, -0.2) is 0 Å². The molecule has 1 N–H and O–H groups in total. The number of nitrogens with zero attached hydrogens (tertiary/aromatic N) is 1. The van der Waals surface area contributed by atoms with Crippen LogP contribution in [0.4, 0.5) is 0 Å². The Morgan fingerprint density at radius 3 is 2.94 bits per heavy atom. The maximum absolute atomic E-state index is 8.85. The topological polar surface area (TPSA) is 45.0 Å². The first-order valence-corrected chi connectivity index (χ1v) is 5.53. The highest BCUT2D eigenvalue weighted by Gasteiger charge is 2.02. The lowest BCUT2D eigenvalue weighted by atomic mass is 10.1. The van der Waals surface area contributed by atoms with Gasteiger partial charge in [0.2, 0.25) is 0 Å². The summed E-state index contributed by atoms with van der Waals surface area (Å²) in [5, 5.41) is 12.1. The molecule has 0 saturated carbocycles. The fourth-order valence-corrected chi connectivity index (χ4v) is 1.49. The summed E-state index contributed by atoms with van der Waals surface area (Å²) in [7, 11) is 1.57. The molecule has 0 amide bonds. The Bertz CT molecular complexity index is 441. The van der Waals surface area contributed by atoms with Gasteiger partial charge in [0.1, 0.15) is 11.8 Å². The van der Waals surface area contributed by atoms with Crippen LogP contribution >= 0.6 is 0 Å². The Morgan fingerprint density at radius 2 is 2.29 bits per heavy atom. The molecule has 0 aliphatic rings. The van der Waals surface area contributed by atoms with Crippen molar-refractivity contribution in [3.8, 4) is 24.2 Å². The molecule has 0 spiro atoms. The second-order valence-electron chi connectivity index (χ2n) is 3.63. The minimum atomic E-state index is 0.559. The molecule has 0 saturated heterocycles. The van der Waals surface area contributed by atoms with E-state index >= 15 is 0 Å². The summed E-state index contributed by atoms with van der Waals surface area (Å²) < 4.78 is 5.14. The highest BCUT2D eigenvalue weighted by Crippen LogP contribution is 2.18. The first-order chi connectivity index (χ1) is 8.31. The van der Waals surface area contributed by atoms with Crippen molar-refractivity contribution in [2.75, 3.05) is 13.7 Å². The number of rotatable bonds is 6. The Labute approximate surface area is 102 Å². The van der Waals surface area contributed by atoms with Crippen LogP contribution in [0.2, 0.25) is 0 Å². The number of unbranched alkanes of at least 4 members (excludes halogenated alkanes) is 1. The molecule has 1 aromatic rings. The normalized spacial score (nSPS) is 9.35. The molecular formula is C14H16N2O. The largest absolute Gasteiger partial charge is 0.495 e. The van der Waals surface area contributed by atoms with Crippen LogP contribution < -0.4 is 10.1 Å². The first kappa shape index (κ1) is 13.1. The minimum Gasteiger partial charge on any atom is -0.495 e. The Morgan fingerprint density at radius 1 is 1.47 bits per heavy atom. The molecule has 0 bridgehead atoms. The smallest absolute Gasteiger partial charge is 0.136 e. The van der Waals surface area contributed by atoms with E-state index in [-0.39, 0.29) is 0 Å². The molecule has 17 heavy (non-hydrogen) atoms. The van der Waals surface area contributed by atoms with E-state index in [1.165, 1.54) is 0 Å². The van der Waals surface area contributed by atoms with Gasteiger partial charge in [-0.2, -0.15) is 5.26 Å². The van der Waals surface area contributed by atoms with Crippen LogP contribution in [0.1, 0.15) is 24.0 Å². The third-order valence-corrected chi connectivity index (χ3v) is 2.39. The Kier molecular flexibility index (Phi) is 5.64. The SMILES string of the molecule is C#CCCCNCc1ccc(C#N)c(OC)c1. The van der Waals surface area contributed by atoms with Gasteiger partial charge in [0.05, 0.1) is 12.7 Å². The molecule has 0 fully saturated rings. The number of benzene rings is 1. The quantitative estimate of drug-likeness (QED) is 0.599. The van der Waals surface area contributed by atoms with E-state index < -0.39 is 0 Å².